The summed E-state index contributed by atoms with van der Waals surface area (Å²) >= 11 is 20.4. The van der Waals surface area contributed by atoms with Crippen LogP contribution in [0.4, 0.5) is 0 Å². The first-order valence-electron chi connectivity index (χ1n) is 12.4. The predicted octanol–water partition coefficient (Wildman–Crippen LogP) is 10.4. The highest BCUT2D eigenvalue weighted by Crippen LogP contribution is 2.52. The number of aromatic carboxylic acids is 1. The van der Waals surface area contributed by atoms with Crippen LogP contribution in [0, 0.1) is 0 Å². The van der Waals surface area contributed by atoms with Gasteiger partial charge in [0.25, 0.3) is 0 Å². The Balaban J connectivity index is 0.000000215. The topological polar surface area (TPSA) is 96.3 Å². The van der Waals surface area contributed by atoms with Gasteiger partial charge in [-0.05, 0) is 53.8 Å². The van der Waals surface area contributed by atoms with Crippen LogP contribution in [0.3, 0.4) is 0 Å². The smallest absolute Gasteiger partial charge is 0.403 e. The monoisotopic (exact) mass is 677 g/mol. The van der Waals surface area contributed by atoms with E-state index in [2.05, 4.69) is 25.7 Å². The third-order valence-electron chi connectivity index (χ3n) is 5.89. The van der Waals surface area contributed by atoms with E-state index in [0.29, 0.717) is 16.7 Å². The number of hydrogen-bond donors (Lipinski definition) is 2. The van der Waals surface area contributed by atoms with E-state index in [4.69, 9.17) is 59.1 Å². The fraction of sp³-hybridized carbons (Fsp3) is 0.214. The second-order valence-electron chi connectivity index (χ2n) is 8.15. The highest BCUT2D eigenvalue weighted by atomic mass is 36.0. The van der Waals surface area contributed by atoms with Crippen LogP contribution in [0.2, 0.25) is 0 Å². The van der Waals surface area contributed by atoms with Crippen molar-refractivity contribution < 1.29 is 28.8 Å². The summed E-state index contributed by atoms with van der Waals surface area (Å²) in [6, 6.07) is 21.4. The lowest BCUT2D eigenvalue weighted by molar-refractivity contribution is 0.0691. The number of carbonyl (C=O) groups excluding carboxylic acids is 1. The minimum Gasteiger partial charge on any atom is -0.506 e. The van der Waals surface area contributed by atoms with Crippen LogP contribution in [-0.4, -0.2) is 46.7 Å². The van der Waals surface area contributed by atoms with Crippen LogP contribution in [-0.2, 0) is 4.52 Å². The molecule has 0 saturated heterocycles. The number of benzene rings is 4. The lowest BCUT2D eigenvalue weighted by atomic mass is 10.1. The number of nitrogens with zero attached hydrogens (tertiary/aromatic N) is 1. The molecule has 4 aromatic carbocycles. The molecule has 0 radical (unpaired) electrons. The molecule has 1 unspecified atom stereocenters. The summed E-state index contributed by atoms with van der Waals surface area (Å²) in [6.07, 6.45) is 0. The van der Waals surface area contributed by atoms with Gasteiger partial charge < -0.3 is 24.2 Å². The number of phenols is 1. The molecule has 1 heterocycles. The van der Waals surface area contributed by atoms with Gasteiger partial charge in [0.05, 0.1) is 0 Å². The first-order valence-corrected chi connectivity index (χ1v) is 18.5. The Hall–Kier alpha value is -2.08. The molecule has 7 nitrogen and oxygen atoms in total. The van der Waals surface area contributed by atoms with Crippen molar-refractivity contribution in [3.63, 3.8) is 0 Å². The van der Waals surface area contributed by atoms with Gasteiger partial charge in [-0.15, -0.1) is 0 Å². The molecule has 13 heteroatoms. The molecular formula is C28H29Cl4NO6P2. The molecule has 0 aromatic heterocycles. The van der Waals surface area contributed by atoms with E-state index in [1.165, 1.54) is 25.7 Å². The molecule has 0 amide bonds. The molecule has 41 heavy (non-hydrogen) atoms. The van der Waals surface area contributed by atoms with Gasteiger partial charge in [-0.25, -0.2) is 9.59 Å². The number of rotatable bonds is 4. The van der Waals surface area contributed by atoms with Crippen LogP contribution < -0.4 is 4.52 Å². The fourth-order valence-corrected chi connectivity index (χ4v) is 4.81. The quantitative estimate of drug-likeness (QED) is 0.207. The lowest BCUT2D eigenvalue weighted by Gasteiger charge is -2.20. The van der Waals surface area contributed by atoms with Crippen LogP contribution in [0.25, 0.3) is 21.5 Å². The standard InChI is InChI=1S/C11H6ClO3P.C11H8O3.C6H15N.Cl3P/c12-16-14-10-8-4-2-1-3-7(8)5-6-9(10)11(13)15-16;12-10-8-4-2-1-3-7(8)5-6-9(10)11(13)14;1-4-7(5-2)6-3;1-4(2)3/h1-6H;1-6,12H,(H,13,14);4-6H2,1-3H3;. The summed E-state index contributed by atoms with van der Waals surface area (Å²) < 4.78 is 10.2. The van der Waals surface area contributed by atoms with E-state index in [-0.39, 0.29) is 11.3 Å². The Morgan fingerprint density at radius 2 is 1.32 bits per heavy atom. The largest absolute Gasteiger partial charge is 0.506 e. The summed E-state index contributed by atoms with van der Waals surface area (Å²) in [5, 5.41) is 21.7. The van der Waals surface area contributed by atoms with Gasteiger partial charge in [-0.1, -0.05) is 115 Å². The molecule has 1 aliphatic rings. The van der Waals surface area contributed by atoms with Gasteiger partial charge in [0.1, 0.15) is 16.9 Å². The van der Waals surface area contributed by atoms with E-state index in [1.54, 1.807) is 24.3 Å². The number of hydrogen-bond acceptors (Lipinski definition) is 6. The number of carbonyl (C=O) groups is 2. The number of carboxylic acid groups (broad SMARTS) is 1. The van der Waals surface area contributed by atoms with E-state index >= 15 is 0 Å². The number of carboxylic acids is 1. The Labute approximate surface area is 260 Å². The van der Waals surface area contributed by atoms with Gasteiger partial charge in [-0.3, -0.25) is 0 Å². The number of halogens is 4. The van der Waals surface area contributed by atoms with E-state index in [1.807, 2.05) is 42.5 Å². The molecule has 0 saturated carbocycles. The maximum absolute atomic E-state index is 11.6. The molecule has 1 atom stereocenters. The first-order chi connectivity index (χ1) is 19.5. The molecule has 0 fully saturated rings. The fourth-order valence-electron chi connectivity index (χ4n) is 3.81. The predicted molar refractivity (Wildman–Crippen MR) is 173 cm³/mol. The summed E-state index contributed by atoms with van der Waals surface area (Å²) in [4.78, 5) is 24.6. The van der Waals surface area contributed by atoms with Crippen molar-refractivity contribution in [1.29, 1.82) is 0 Å². The van der Waals surface area contributed by atoms with Gasteiger partial charge in [0.15, 0.2) is 11.7 Å². The first kappa shape index (κ1) is 35.1. The van der Waals surface area contributed by atoms with Crippen molar-refractivity contribution in [1.82, 2.24) is 4.90 Å². The van der Waals surface area contributed by atoms with E-state index in [9.17, 15) is 14.7 Å². The Morgan fingerprint density at radius 1 is 0.829 bits per heavy atom. The second-order valence-corrected chi connectivity index (χ2v) is 14.7. The Kier molecular flexibility index (Phi) is 15.2. The summed E-state index contributed by atoms with van der Waals surface area (Å²) in [5.74, 6) is -2.39. The molecule has 4 aromatic rings. The number of aromatic hydroxyl groups is 1. The van der Waals surface area contributed by atoms with Crippen molar-refractivity contribution in [2.45, 2.75) is 20.8 Å². The summed E-state index contributed by atoms with van der Waals surface area (Å²) in [6.45, 7) is 10.1. The highest BCUT2D eigenvalue weighted by Gasteiger charge is 2.29. The van der Waals surface area contributed by atoms with Crippen LogP contribution in [0.15, 0.2) is 72.8 Å². The molecular weight excluding hydrogens is 650 g/mol. The molecule has 5 rings (SSSR count). The molecule has 1 aliphatic heterocycles. The van der Waals surface area contributed by atoms with Gasteiger partial charge in [0, 0.05) is 10.8 Å². The lowest BCUT2D eigenvalue weighted by Crippen LogP contribution is -2.21. The zero-order valence-corrected chi connectivity index (χ0v) is 27.2. The van der Waals surface area contributed by atoms with Crippen molar-refractivity contribution in [3.05, 3.63) is 83.9 Å². The van der Waals surface area contributed by atoms with Crippen LogP contribution >= 0.6 is 58.7 Å². The molecule has 2 N–H and O–H groups in total. The highest BCUT2D eigenvalue weighted by molar-refractivity contribution is 8.20. The molecule has 0 bridgehead atoms. The normalized spacial score (nSPS) is 13.5. The van der Waals surface area contributed by atoms with Crippen LogP contribution in [0.1, 0.15) is 41.5 Å². The maximum atomic E-state index is 11.6. The van der Waals surface area contributed by atoms with Crippen molar-refractivity contribution in [2.24, 2.45) is 0 Å². The minimum absolute atomic E-state index is 0.0660. The zero-order valence-electron chi connectivity index (χ0n) is 22.4. The van der Waals surface area contributed by atoms with Crippen molar-refractivity contribution >= 4 is 92.2 Å². The molecule has 0 spiro atoms. The average Bonchev–Trinajstić information content (AvgIpc) is 2.94. The minimum atomic E-state index is -1.67. The maximum Gasteiger partial charge on any atom is 0.403 e. The summed E-state index contributed by atoms with van der Waals surface area (Å²) in [5.41, 5.74) is 0.363. The van der Waals surface area contributed by atoms with Crippen LogP contribution in [0.5, 0.6) is 11.5 Å². The van der Waals surface area contributed by atoms with Gasteiger partial charge in [0.2, 0.25) is 0 Å². The molecule has 0 aliphatic carbocycles. The second kappa shape index (κ2) is 17.8. The van der Waals surface area contributed by atoms with E-state index in [0.717, 1.165) is 16.2 Å². The Bertz CT molecular complexity index is 1450. The zero-order chi connectivity index (χ0) is 30.5. The third-order valence-corrected chi connectivity index (χ3v) is 6.94. The van der Waals surface area contributed by atoms with Gasteiger partial charge in [-0.2, -0.15) is 0 Å². The van der Waals surface area contributed by atoms with E-state index < -0.39 is 25.6 Å². The number of fused-ring (bicyclic) bond motifs is 4. The average molecular weight is 679 g/mol. The summed E-state index contributed by atoms with van der Waals surface area (Å²) in [7, 11) is -1.67. The van der Waals surface area contributed by atoms with Gasteiger partial charge >= 0.3 is 19.7 Å². The SMILES string of the molecule is CCN(CC)CC.ClP(Cl)Cl.O=C(O)c1ccc2ccccc2c1O.O=C1OP(Cl)Oc2c1ccc1ccccc21. The van der Waals surface area contributed by atoms with Crippen molar-refractivity contribution in [2.75, 3.05) is 19.6 Å². The third kappa shape index (κ3) is 10.6. The molecule has 220 valence electrons. The Morgan fingerprint density at radius 3 is 1.83 bits per heavy atom. The van der Waals surface area contributed by atoms with Crippen molar-refractivity contribution in [3.8, 4) is 11.5 Å².